The molecule has 0 fully saturated rings. The highest BCUT2D eigenvalue weighted by atomic mass is 32.1. The molecule has 5 nitrogen and oxygen atoms in total. The van der Waals surface area contributed by atoms with Crippen LogP contribution in [0.15, 0.2) is 42.7 Å². The number of thiophene rings is 1. The molecular formula is C26H28N4OS. The Morgan fingerprint density at radius 3 is 2.31 bits per heavy atom. The van der Waals surface area contributed by atoms with Crippen LogP contribution < -0.4 is 10.6 Å². The Labute approximate surface area is 192 Å². The third-order valence-corrected chi connectivity index (χ3v) is 6.60. The summed E-state index contributed by atoms with van der Waals surface area (Å²) in [6.07, 6.45) is 1.93. The number of aromatic nitrogens is 2. The van der Waals surface area contributed by atoms with E-state index in [2.05, 4.69) is 77.8 Å². The van der Waals surface area contributed by atoms with Crippen molar-refractivity contribution in [3.05, 3.63) is 69.9 Å². The molecule has 6 heteroatoms. The van der Waals surface area contributed by atoms with Gasteiger partial charge in [0.15, 0.2) is 0 Å². The molecule has 0 spiro atoms. The van der Waals surface area contributed by atoms with Gasteiger partial charge < -0.3 is 10.6 Å². The highest BCUT2D eigenvalue weighted by Crippen LogP contribution is 2.40. The first-order valence-corrected chi connectivity index (χ1v) is 11.6. The van der Waals surface area contributed by atoms with Crippen molar-refractivity contribution < 1.29 is 4.79 Å². The summed E-state index contributed by atoms with van der Waals surface area (Å²) in [6, 6.07) is 12.7. The summed E-state index contributed by atoms with van der Waals surface area (Å²) < 4.78 is 0. The number of fused-ring (bicyclic) bond motifs is 1. The van der Waals surface area contributed by atoms with Crippen molar-refractivity contribution in [2.45, 2.75) is 41.0 Å². The van der Waals surface area contributed by atoms with Crippen molar-refractivity contribution in [1.82, 2.24) is 9.97 Å². The number of carbonyl (C=O) groups excluding carboxylic acids is 1. The summed E-state index contributed by atoms with van der Waals surface area (Å²) in [6.45, 7) is 10.8. The zero-order valence-corrected chi connectivity index (χ0v) is 20.0. The summed E-state index contributed by atoms with van der Waals surface area (Å²) in [5, 5.41) is 7.46. The lowest BCUT2D eigenvalue weighted by molar-refractivity contribution is -0.116. The van der Waals surface area contributed by atoms with Crippen molar-refractivity contribution in [3.8, 4) is 11.1 Å². The molecule has 4 rings (SSSR count). The molecule has 164 valence electrons. The van der Waals surface area contributed by atoms with Crippen LogP contribution in [0.2, 0.25) is 0 Å². The van der Waals surface area contributed by atoms with E-state index in [1.165, 1.54) is 16.0 Å². The SMILES string of the molecule is Cc1ccc(-c2c(C)sc3ncnc(NCCC(=O)Nc4c(C)cc(C)cc4C)c23)cc1. The predicted molar refractivity (Wildman–Crippen MR) is 135 cm³/mol. The zero-order chi connectivity index (χ0) is 22.8. The van der Waals surface area contributed by atoms with E-state index >= 15 is 0 Å². The molecule has 32 heavy (non-hydrogen) atoms. The van der Waals surface area contributed by atoms with E-state index < -0.39 is 0 Å². The van der Waals surface area contributed by atoms with Gasteiger partial charge in [-0.25, -0.2) is 9.97 Å². The van der Waals surface area contributed by atoms with Crippen molar-refractivity contribution in [1.29, 1.82) is 0 Å². The van der Waals surface area contributed by atoms with Gasteiger partial charge in [-0.3, -0.25) is 4.79 Å². The van der Waals surface area contributed by atoms with Gasteiger partial charge in [0.2, 0.25) is 5.91 Å². The Kier molecular flexibility index (Phi) is 6.24. The molecule has 2 N–H and O–H groups in total. The maximum atomic E-state index is 12.6. The van der Waals surface area contributed by atoms with Crippen molar-refractivity contribution in [2.24, 2.45) is 0 Å². The quantitative estimate of drug-likeness (QED) is 0.364. The largest absolute Gasteiger partial charge is 0.369 e. The van der Waals surface area contributed by atoms with Gasteiger partial charge >= 0.3 is 0 Å². The number of nitrogens with zero attached hydrogens (tertiary/aromatic N) is 2. The van der Waals surface area contributed by atoms with Crippen LogP contribution in [0.1, 0.15) is 33.6 Å². The minimum atomic E-state index is -0.0156. The molecule has 0 bridgehead atoms. The molecule has 0 radical (unpaired) electrons. The summed E-state index contributed by atoms with van der Waals surface area (Å²) in [7, 11) is 0. The molecule has 0 atom stereocenters. The van der Waals surface area contributed by atoms with Crippen LogP contribution in [-0.4, -0.2) is 22.4 Å². The van der Waals surface area contributed by atoms with E-state index in [0.717, 1.165) is 44.0 Å². The van der Waals surface area contributed by atoms with Gasteiger partial charge in [0, 0.05) is 29.1 Å². The number of aryl methyl sites for hydroxylation is 5. The van der Waals surface area contributed by atoms with Gasteiger partial charge in [0.25, 0.3) is 0 Å². The van der Waals surface area contributed by atoms with Crippen molar-refractivity contribution in [2.75, 3.05) is 17.2 Å². The van der Waals surface area contributed by atoms with Gasteiger partial charge in [-0.15, -0.1) is 11.3 Å². The van der Waals surface area contributed by atoms with E-state index in [0.29, 0.717) is 13.0 Å². The number of hydrogen-bond donors (Lipinski definition) is 2. The molecular weight excluding hydrogens is 416 g/mol. The van der Waals surface area contributed by atoms with E-state index in [9.17, 15) is 4.79 Å². The van der Waals surface area contributed by atoms with Crippen molar-refractivity contribution >= 4 is 39.0 Å². The van der Waals surface area contributed by atoms with E-state index in [-0.39, 0.29) is 5.91 Å². The molecule has 0 unspecified atom stereocenters. The molecule has 2 aromatic heterocycles. The first-order valence-electron chi connectivity index (χ1n) is 10.8. The first kappa shape index (κ1) is 22.0. The average Bonchev–Trinajstić information content (AvgIpc) is 3.08. The third-order valence-electron chi connectivity index (χ3n) is 5.59. The summed E-state index contributed by atoms with van der Waals surface area (Å²) in [5.74, 6) is 0.753. The average molecular weight is 445 g/mol. The Hall–Kier alpha value is -3.25. The fourth-order valence-electron chi connectivity index (χ4n) is 4.12. The van der Waals surface area contributed by atoms with Crippen molar-refractivity contribution in [3.63, 3.8) is 0 Å². The van der Waals surface area contributed by atoms with Gasteiger partial charge in [-0.05, 0) is 51.3 Å². The van der Waals surface area contributed by atoms with Crippen LogP contribution >= 0.6 is 11.3 Å². The summed E-state index contributed by atoms with van der Waals surface area (Å²) >= 11 is 1.67. The molecule has 0 aliphatic heterocycles. The van der Waals surface area contributed by atoms with Gasteiger partial charge in [-0.2, -0.15) is 0 Å². The van der Waals surface area contributed by atoms with Gasteiger partial charge in [0.1, 0.15) is 17.0 Å². The van der Waals surface area contributed by atoms with E-state index in [4.69, 9.17) is 0 Å². The second-order valence-corrected chi connectivity index (χ2v) is 9.50. The molecule has 4 aromatic rings. The van der Waals surface area contributed by atoms with Crippen LogP contribution in [0.3, 0.4) is 0 Å². The summed E-state index contributed by atoms with van der Waals surface area (Å²) in [5.41, 5.74) is 7.80. The number of benzene rings is 2. The number of amides is 1. The van der Waals surface area contributed by atoms with Gasteiger partial charge in [-0.1, -0.05) is 47.5 Å². The third kappa shape index (κ3) is 4.50. The Balaban J connectivity index is 1.52. The minimum absolute atomic E-state index is 0.0156. The Morgan fingerprint density at radius 2 is 1.62 bits per heavy atom. The highest BCUT2D eigenvalue weighted by molar-refractivity contribution is 7.19. The monoisotopic (exact) mass is 444 g/mol. The number of anilines is 2. The van der Waals surface area contributed by atoms with Gasteiger partial charge in [0.05, 0.1) is 5.39 Å². The standard InChI is InChI=1S/C26H28N4OS/c1-15-6-8-20(9-7-15)22-19(5)32-26-23(22)25(28-14-29-26)27-11-10-21(31)30-24-17(3)12-16(2)13-18(24)4/h6-9,12-14H,10-11H2,1-5H3,(H,30,31)(H,27,28,29). The maximum absolute atomic E-state index is 12.6. The van der Waals surface area contributed by atoms with E-state index in [1.54, 1.807) is 17.7 Å². The lowest BCUT2D eigenvalue weighted by atomic mass is 10.0. The highest BCUT2D eigenvalue weighted by Gasteiger charge is 2.17. The van der Waals surface area contributed by atoms with Crippen LogP contribution in [0.5, 0.6) is 0 Å². The number of hydrogen-bond acceptors (Lipinski definition) is 5. The minimum Gasteiger partial charge on any atom is -0.369 e. The number of rotatable bonds is 6. The molecule has 2 heterocycles. The van der Waals surface area contributed by atoms with Crippen LogP contribution in [-0.2, 0) is 4.79 Å². The zero-order valence-electron chi connectivity index (χ0n) is 19.2. The Bertz CT molecular complexity index is 1270. The molecule has 0 aliphatic rings. The maximum Gasteiger partial charge on any atom is 0.226 e. The lowest BCUT2D eigenvalue weighted by Crippen LogP contribution is -2.18. The normalized spacial score (nSPS) is 11.0. The smallest absolute Gasteiger partial charge is 0.226 e. The van der Waals surface area contributed by atoms with Crippen LogP contribution in [0.4, 0.5) is 11.5 Å². The first-order chi connectivity index (χ1) is 15.3. The second-order valence-electron chi connectivity index (χ2n) is 8.30. The second kappa shape index (κ2) is 9.09. The molecule has 0 saturated carbocycles. The number of nitrogens with one attached hydrogen (secondary N) is 2. The molecule has 0 saturated heterocycles. The fraction of sp³-hybridized carbons (Fsp3) is 0.269. The lowest BCUT2D eigenvalue weighted by Gasteiger charge is -2.13. The van der Waals surface area contributed by atoms with Crippen LogP contribution in [0, 0.1) is 34.6 Å². The topological polar surface area (TPSA) is 66.9 Å². The molecule has 2 aromatic carbocycles. The van der Waals surface area contributed by atoms with E-state index in [1.807, 2.05) is 13.8 Å². The molecule has 1 amide bonds. The molecule has 0 aliphatic carbocycles. The number of carbonyl (C=O) groups is 1. The predicted octanol–water partition coefficient (Wildman–Crippen LogP) is 6.34. The summed E-state index contributed by atoms with van der Waals surface area (Å²) in [4.78, 5) is 23.7. The van der Waals surface area contributed by atoms with Crippen LogP contribution in [0.25, 0.3) is 21.3 Å². The Morgan fingerprint density at radius 1 is 0.938 bits per heavy atom. The fourth-order valence-corrected chi connectivity index (χ4v) is 5.13.